The van der Waals surface area contributed by atoms with Crippen molar-refractivity contribution in [1.82, 2.24) is 23.9 Å². The first-order valence-corrected chi connectivity index (χ1v) is 12.6. The van der Waals surface area contributed by atoms with Crippen LogP contribution in [0.25, 0.3) is 5.78 Å². The highest BCUT2D eigenvalue weighted by molar-refractivity contribution is 7.91. The van der Waals surface area contributed by atoms with Crippen molar-refractivity contribution >= 4 is 31.5 Å². The number of sulfonamides is 1. The summed E-state index contributed by atoms with van der Waals surface area (Å²) in [5, 5.41) is 4.21. The van der Waals surface area contributed by atoms with Gasteiger partial charge in [-0.1, -0.05) is 6.07 Å². The maximum absolute atomic E-state index is 13.2. The molecule has 10 nitrogen and oxygen atoms in total. The van der Waals surface area contributed by atoms with E-state index in [-0.39, 0.29) is 22.9 Å². The number of hydrogen-bond acceptors (Lipinski definition) is 8. The maximum atomic E-state index is 13.2. The predicted molar refractivity (Wildman–Crippen MR) is 111 cm³/mol. The molecule has 0 spiro atoms. The molecular formula is C18H22N6O4S2. The van der Waals surface area contributed by atoms with Gasteiger partial charge in [-0.3, -0.25) is 0 Å². The molecule has 1 saturated heterocycles. The van der Waals surface area contributed by atoms with Crippen molar-refractivity contribution in [2.75, 3.05) is 37.3 Å². The van der Waals surface area contributed by atoms with Crippen molar-refractivity contribution in [1.29, 1.82) is 0 Å². The van der Waals surface area contributed by atoms with Crippen LogP contribution in [-0.2, 0) is 19.9 Å². The van der Waals surface area contributed by atoms with Gasteiger partial charge in [-0.2, -0.15) is 18.9 Å². The van der Waals surface area contributed by atoms with Crippen molar-refractivity contribution in [3.05, 3.63) is 41.9 Å². The van der Waals surface area contributed by atoms with Gasteiger partial charge in [0.1, 0.15) is 12.1 Å². The van der Waals surface area contributed by atoms with Gasteiger partial charge in [0.15, 0.2) is 9.84 Å². The second-order valence-corrected chi connectivity index (χ2v) is 11.2. The zero-order chi connectivity index (χ0) is 21.7. The molecule has 1 aliphatic rings. The first kappa shape index (κ1) is 20.7. The van der Waals surface area contributed by atoms with E-state index in [0.29, 0.717) is 24.4 Å². The van der Waals surface area contributed by atoms with E-state index in [1.54, 1.807) is 11.4 Å². The van der Waals surface area contributed by atoms with Gasteiger partial charge >= 0.3 is 0 Å². The highest BCUT2D eigenvalue weighted by Crippen LogP contribution is 2.26. The van der Waals surface area contributed by atoms with Crippen molar-refractivity contribution in [3.63, 3.8) is 0 Å². The molecule has 1 aliphatic heterocycles. The molecule has 0 N–H and O–H groups in total. The zero-order valence-electron chi connectivity index (χ0n) is 16.8. The standard InChI is InChI=1S/C18H22N6O4S2/c1-13-4-5-15(29(3,25)26)11-16(13)30(27,28)23-8-6-22(7-9-23)17-10-14(2)21-18-19-12-20-24(17)18/h4-5,10-12H,6-9H2,1-3H3. The molecule has 0 radical (unpaired) electrons. The predicted octanol–water partition coefficient (Wildman–Crippen LogP) is 0.656. The third kappa shape index (κ3) is 3.66. The first-order chi connectivity index (χ1) is 14.1. The van der Waals surface area contributed by atoms with Crippen LogP contribution in [0.4, 0.5) is 5.82 Å². The Balaban J connectivity index is 1.60. The minimum Gasteiger partial charge on any atom is -0.354 e. The smallest absolute Gasteiger partial charge is 0.254 e. The summed E-state index contributed by atoms with van der Waals surface area (Å²) in [6, 6.07) is 6.10. The van der Waals surface area contributed by atoms with E-state index < -0.39 is 19.9 Å². The summed E-state index contributed by atoms with van der Waals surface area (Å²) in [5.41, 5.74) is 1.31. The molecule has 1 fully saturated rings. The topological polar surface area (TPSA) is 118 Å². The normalized spacial score (nSPS) is 16.3. The third-order valence-electron chi connectivity index (χ3n) is 5.13. The Bertz CT molecular complexity index is 1330. The highest BCUT2D eigenvalue weighted by Gasteiger charge is 2.31. The number of rotatable bonds is 4. The van der Waals surface area contributed by atoms with Crippen LogP contribution in [0.3, 0.4) is 0 Å². The van der Waals surface area contributed by atoms with Gasteiger partial charge in [0.2, 0.25) is 10.0 Å². The van der Waals surface area contributed by atoms with Crippen LogP contribution in [0.5, 0.6) is 0 Å². The summed E-state index contributed by atoms with van der Waals surface area (Å²) in [6.07, 6.45) is 2.50. The van der Waals surface area contributed by atoms with E-state index in [9.17, 15) is 16.8 Å². The molecule has 0 atom stereocenters. The fraction of sp³-hybridized carbons (Fsp3) is 0.389. The molecule has 3 aromatic rings. The van der Waals surface area contributed by atoms with Crippen LogP contribution in [0.2, 0.25) is 0 Å². The van der Waals surface area contributed by atoms with Crippen LogP contribution in [0, 0.1) is 13.8 Å². The Morgan fingerprint density at radius 1 is 0.967 bits per heavy atom. The number of benzene rings is 1. The largest absolute Gasteiger partial charge is 0.354 e. The summed E-state index contributed by atoms with van der Waals surface area (Å²) in [7, 11) is -7.34. The molecule has 160 valence electrons. The van der Waals surface area contributed by atoms with Gasteiger partial charge in [-0.25, -0.2) is 21.8 Å². The Labute approximate surface area is 175 Å². The van der Waals surface area contributed by atoms with Gasteiger partial charge < -0.3 is 4.90 Å². The van der Waals surface area contributed by atoms with Crippen molar-refractivity contribution in [3.8, 4) is 0 Å². The van der Waals surface area contributed by atoms with Crippen molar-refractivity contribution < 1.29 is 16.8 Å². The number of sulfone groups is 1. The molecule has 4 rings (SSSR count). The van der Waals surface area contributed by atoms with E-state index in [1.165, 1.54) is 28.8 Å². The lowest BCUT2D eigenvalue weighted by Gasteiger charge is -2.35. The summed E-state index contributed by atoms with van der Waals surface area (Å²) >= 11 is 0. The van der Waals surface area contributed by atoms with Crippen LogP contribution in [0.15, 0.2) is 40.4 Å². The Morgan fingerprint density at radius 3 is 2.33 bits per heavy atom. The Hall–Kier alpha value is -2.57. The molecule has 0 saturated carbocycles. The number of aromatic nitrogens is 4. The molecule has 0 aliphatic carbocycles. The molecule has 1 aromatic carbocycles. The fourth-order valence-electron chi connectivity index (χ4n) is 3.52. The van der Waals surface area contributed by atoms with Crippen LogP contribution < -0.4 is 4.90 Å². The molecule has 3 heterocycles. The monoisotopic (exact) mass is 450 g/mol. The van der Waals surface area contributed by atoms with Crippen LogP contribution in [0.1, 0.15) is 11.3 Å². The zero-order valence-corrected chi connectivity index (χ0v) is 18.5. The number of aryl methyl sites for hydroxylation is 2. The second kappa shape index (κ2) is 7.29. The Morgan fingerprint density at radius 2 is 1.67 bits per heavy atom. The van der Waals surface area contributed by atoms with Gasteiger partial charge in [-0.15, -0.1) is 0 Å². The van der Waals surface area contributed by atoms with Crippen LogP contribution >= 0.6 is 0 Å². The molecule has 0 unspecified atom stereocenters. The van der Waals surface area contributed by atoms with Gasteiger partial charge in [0.05, 0.1) is 9.79 Å². The molecule has 2 aromatic heterocycles. The SMILES string of the molecule is Cc1cc(N2CCN(S(=O)(=O)c3cc(S(C)(=O)=O)ccc3C)CC2)n2ncnc2n1. The van der Waals surface area contributed by atoms with E-state index in [1.807, 2.05) is 17.9 Å². The van der Waals surface area contributed by atoms with Crippen molar-refractivity contribution in [2.45, 2.75) is 23.6 Å². The minimum absolute atomic E-state index is 0.00820. The minimum atomic E-state index is -3.83. The van der Waals surface area contributed by atoms with Gasteiger partial charge in [0.25, 0.3) is 5.78 Å². The van der Waals surface area contributed by atoms with E-state index in [4.69, 9.17) is 0 Å². The third-order valence-corrected chi connectivity index (χ3v) is 8.28. The van der Waals surface area contributed by atoms with E-state index in [2.05, 4.69) is 15.1 Å². The average Bonchev–Trinajstić information content (AvgIpc) is 3.15. The number of piperazine rings is 1. The summed E-state index contributed by atoms with van der Waals surface area (Å²) < 4.78 is 53.2. The van der Waals surface area contributed by atoms with E-state index >= 15 is 0 Å². The lowest BCUT2D eigenvalue weighted by Crippen LogP contribution is -2.49. The Kier molecular flexibility index (Phi) is 5.03. The number of fused-ring (bicyclic) bond motifs is 1. The van der Waals surface area contributed by atoms with Crippen LogP contribution in [-0.4, -0.2) is 73.2 Å². The molecule has 30 heavy (non-hydrogen) atoms. The lowest BCUT2D eigenvalue weighted by molar-refractivity contribution is 0.382. The van der Waals surface area contributed by atoms with Gasteiger partial charge in [-0.05, 0) is 31.5 Å². The molecule has 0 bridgehead atoms. The molecule has 12 heteroatoms. The maximum Gasteiger partial charge on any atom is 0.254 e. The summed E-state index contributed by atoms with van der Waals surface area (Å²) in [6.45, 7) is 4.99. The van der Waals surface area contributed by atoms with Crippen molar-refractivity contribution in [2.24, 2.45) is 0 Å². The molecule has 0 amide bonds. The summed E-state index contributed by atoms with van der Waals surface area (Å²) in [5.74, 6) is 1.30. The first-order valence-electron chi connectivity index (χ1n) is 9.30. The number of hydrogen-bond donors (Lipinski definition) is 0. The number of anilines is 1. The quantitative estimate of drug-likeness (QED) is 0.569. The number of nitrogens with zero attached hydrogens (tertiary/aromatic N) is 6. The summed E-state index contributed by atoms with van der Waals surface area (Å²) in [4.78, 5) is 10.5. The second-order valence-electron chi connectivity index (χ2n) is 7.32. The van der Waals surface area contributed by atoms with E-state index in [0.717, 1.165) is 17.8 Å². The lowest BCUT2D eigenvalue weighted by atomic mass is 10.2. The average molecular weight is 451 g/mol. The molecular weight excluding hydrogens is 428 g/mol. The van der Waals surface area contributed by atoms with Gasteiger partial charge in [0, 0.05) is 44.2 Å². The highest BCUT2D eigenvalue weighted by atomic mass is 32.2. The fourth-order valence-corrected chi connectivity index (χ4v) is 5.92.